The lowest BCUT2D eigenvalue weighted by atomic mass is 10.2. The molecule has 1 heterocycles. The fraction of sp³-hybridized carbons (Fsp3) is 0.0714. The van der Waals surface area contributed by atoms with Crippen LogP contribution in [0.1, 0.15) is 5.56 Å². The average Bonchev–Trinajstić information content (AvgIpc) is 2.88. The molecule has 0 saturated heterocycles. The Morgan fingerprint density at radius 1 is 1.29 bits per heavy atom. The van der Waals surface area contributed by atoms with Gasteiger partial charge in [0.2, 0.25) is 0 Å². The number of oxazole rings is 1. The van der Waals surface area contributed by atoms with Crippen LogP contribution in [0.2, 0.25) is 0 Å². The van der Waals surface area contributed by atoms with Gasteiger partial charge in [-0.2, -0.15) is 4.98 Å². The van der Waals surface area contributed by atoms with Crippen molar-refractivity contribution in [3.8, 4) is 0 Å². The van der Waals surface area contributed by atoms with Crippen molar-refractivity contribution in [1.82, 2.24) is 4.98 Å². The summed E-state index contributed by atoms with van der Waals surface area (Å²) in [4.78, 5) is 14.3. The summed E-state index contributed by atoms with van der Waals surface area (Å²) in [6.45, 7) is 0.210. The van der Waals surface area contributed by atoms with Crippen molar-refractivity contribution < 1.29 is 13.7 Å². The quantitative estimate of drug-likeness (QED) is 0.586. The van der Waals surface area contributed by atoms with Gasteiger partial charge < -0.3 is 9.73 Å². The molecule has 0 aliphatic carbocycles. The predicted octanol–water partition coefficient (Wildman–Crippen LogP) is 3.49. The maximum absolute atomic E-state index is 13.5. The molecule has 0 aliphatic rings. The smallest absolute Gasteiger partial charge is 0.295 e. The van der Waals surface area contributed by atoms with Gasteiger partial charge in [0.05, 0.1) is 11.0 Å². The molecule has 2 aromatic carbocycles. The highest BCUT2D eigenvalue weighted by molar-refractivity contribution is 5.77. The Morgan fingerprint density at radius 2 is 2.10 bits per heavy atom. The molecule has 0 atom stereocenters. The predicted molar refractivity (Wildman–Crippen MR) is 74.4 cm³/mol. The number of non-ortho nitro benzene ring substituents is 1. The second-order valence-corrected chi connectivity index (χ2v) is 4.37. The zero-order valence-electron chi connectivity index (χ0n) is 10.7. The van der Waals surface area contributed by atoms with Crippen molar-refractivity contribution in [2.45, 2.75) is 6.54 Å². The first-order valence-electron chi connectivity index (χ1n) is 6.16. The molecule has 3 aromatic rings. The topological polar surface area (TPSA) is 81.2 Å². The van der Waals surface area contributed by atoms with Crippen LogP contribution in [-0.4, -0.2) is 9.91 Å². The number of rotatable bonds is 4. The zero-order chi connectivity index (χ0) is 14.8. The second-order valence-electron chi connectivity index (χ2n) is 4.37. The lowest BCUT2D eigenvalue weighted by Gasteiger charge is -2.02. The van der Waals surface area contributed by atoms with Crippen LogP contribution in [0.15, 0.2) is 46.9 Å². The van der Waals surface area contributed by atoms with Crippen LogP contribution in [0, 0.1) is 15.9 Å². The molecule has 0 saturated carbocycles. The van der Waals surface area contributed by atoms with E-state index in [0.29, 0.717) is 16.7 Å². The van der Waals surface area contributed by atoms with Crippen LogP contribution in [-0.2, 0) is 6.54 Å². The minimum absolute atomic E-state index is 0.0701. The van der Waals surface area contributed by atoms with Crippen LogP contribution in [0.25, 0.3) is 11.1 Å². The fourth-order valence-electron chi connectivity index (χ4n) is 1.92. The molecule has 0 radical (unpaired) electrons. The summed E-state index contributed by atoms with van der Waals surface area (Å²) in [5.74, 6) is -0.322. The van der Waals surface area contributed by atoms with E-state index in [2.05, 4.69) is 10.3 Å². The molecule has 3 rings (SSSR count). The molecule has 6 nitrogen and oxygen atoms in total. The number of fused-ring (bicyclic) bond motifs is 1. The summed E-state index contributed by atoms with van der Waals surface area (Å²) in [6, 6.07) is 10.7. The molecule has 1 aromatic heterocycles. The van der Waals surface area contributed by atoms with Gasteiger partial charge in [0, 0.05) is 18.2 Å². The number of hydrogen-bond acceptors (Lipinski definition) is 5. The number of nitrogens with zero attached hydrogens (tertiary/aromatic N) is 2. The Labute approximate surface area is 118 Å². The fourth-order valence-corrected chi connectivity index (χ4v) is 1.92. The maximum atomic E-state index is 13.5. The van der Waals surface area contributed by atoms with Gasteiger partial charge in [0.15, 0.2) is 5.58 Å². The van der Waals surface area contributed by atoms with E-state index >= 15 is 0 Å². The normalized spacial score (nSPS) is 10.7. The molecule has 0 amide bonds. The number of benzene rings is 2. The summed E-state index contributed by atoms with van der Waals surface area (Å²) in [7, 11) is 0. The Balaban J connectivity index is 1.82. The van der Waals surface area contributed by atoms with Gasteiger partial charge in [-0.15, -0.1) is 0 Å². The van der Waals surface area contributed by atoms with Crippen LogP contribution >= 0.6 is 0 Å². The molecule has 0 spiro atoms. The molecule has 106 valence electrons. The third kappa shape index (κ3) is 2.66. The van der Waals surface area contributed by atoms with Gasteiger partial charge in [0.1, 0.15) is 11.3 Å². The van der Waals surface area contributed by atoms with Crippen molar-refractivity contribution >= 4 is 22.8 Å². The highest BCUT2D eigenvalue weighted by Gasteiger charge is 2.11. The van der Waals surface area contributed by atoms with E-state index in [1.165, 1.54) is 24.3 Å². The maximum Gasteiger partial charge on any atom is 0.295 e. The van der Waals surface area contributed by atoms with E-state index < -0.39 is 4.92 Å². The molecule has 7 heteroatoms. The molecule has 0 aliphatic heterocycles. The van der Waals surface area contributed by atoms with Gasteiger partial charge in [-0.3, -0.25) is 10.1 Å². The molecule has 0 bridgehead atoms. The highest BCUT2D eigenvalue weighted by atomic mass is 19.1. The number of hydrogen-bond donors (Lipinski definition) is 1. The van der Waals surface area contributed by atoms with Crippen LogP contribution in [0.4, 0.5) is 16.1 Å². The van der Waals surface area contributed by atoms with E-state index in [-0.39, 0.29) is 24.1 Å². The molecule has 21 heavy (non-hydrogen) atoms. The number of nitro benzene ring substituents is 1. The summed E-state index contributed by atoms with van der Waals surface area (Å²) >= 11 is 0. The molecule has 0 fully saturated rings. The lowest BCUT2D eigenvalue weighted by Crippen LogP contribution is -2.01. The Kier molecular flexibility index (Phi) is 3.23. The summed E-state index contributed by atoms with van der Waals surface area (Å²) in [6.07, 6.45) is 0. The van der Waals surface area contributed by atoms with Gasteiger partial charge in [-0.05, 0) is 12.1 Å². The Bertz CT molecular complexity index is 816. The first-order valence-corrected chi connectivity index (χ1v) is 6.16. The molecule has 1 N–H and O–H groups in total. The second kappa shape index (κ2) is 5.20. The van der Waals surface area contributed by atoms with Crippen molar-refractivity contribution in [3.63, 3.8) is 0 Å². The minimum atomic E-state index is -0.506. The van der Waals surface area contributed by atoms with E-state index in [1.54, 1.807) is 18.2 Å². The van der Waals surface area contributed by atoms with E-state index in [1.807, 2.05) is 0 Å². The summed E-state index contributed by atoms with van der Waals surface area (Å²) in [5, 5.41) is 13.5. The first-order chi connectivity index (χ1) is 10.1. The van der Waals surface area contributed by atoms with Crippen LogP contribution < -0.4 is 5.32 Å². The van der Waals surface area contributed by atoms with Crippen LogP contribution in [0.5, 0.6) is 0 Å². The first kappa shape index (κ1) is 13.0. The SMILES string of the molecule is O=[N+]([O-])c1ccc2nc(NCc3ccccc3F)oc2c1. The number of aromatic nitrogens is 1. The average molecular weight is 287 g/mol. The monoisotopic (exact) mass is 287 g/mol. The van der Waals surface area contributed by atoms with Crippen molar-refractivity contribution in [3.05, 3.63) is 64.0 Å². The third-order valence-corrected chi connectivity index (χ3v) is 2.97. The molecule has 0 unspecified atom stereocenters. The van der Waals surface area contributed by atoms with E-state index in [9.17, 15) is 14.5 Å². The van der Waals surface area contributed by atoms with E-state index in [0.717, 1.165) is 0 Å². The van der Waals surface area contributed by atoms with Crippen LogP contribution in [0.3, 0.4) is 0 Å². The Hall–Kier alpha value is -2.96. The largest absolute Gasteiger partial charge is 0.423 e. The van der Waals surface area contributed by atoms with Crippen molar-refractivity contribution in [1.29, 1.82) is 0 Å². The molecular weight excluding hydrogens is 277 g/mol. The van der Waals surface area contributed by atoms with Gasteiger partial charge in [-0.1, -0.05) is 18.2 Å². The van der Waals surface area contributed by atoms with Gasteiger partial charge in [0.25, 0.3) is 11.7 Å². The Morgan fingerprint density at radius 3 is 2.86 bits per heavy atom. The lowest BCUT2D eigenvalue weighted by molar-refractivity contribution is -0.384. The van der Waals surface area contributed by atoms with Gasteiger partial charge >= 0.3 is 0 Å². The molecular formula is C14H10FN3O3. The third-order valence-electron chi connectivity index (χ3n) is 2.97. The zero-order valence-corrected chi connectivity index (χ0v) is 10.7. The number of nitro groups is 1. The minimum Gasteiger partial charge on any atom is -0.423 e. The van der Waals surface area contributed by atoms with E-state index in [4.69, 9.17) is 4.42 Å². The van der Waals surface area contributed by atoms with Gasteiger partial charge in [-0.25, -0.2) is 4.39 Å². The number of nitrogens with one attached hydrogen (secondary N) is 1. The van der Waals surface area contributed by atoms with Crippen molar-refractivity contribution in [2.75, 3.05) is 5.32 Å². The highest BCUT2D eigenvalue weighted by Crippen LogP contribution is 2.24. The number of anilines is 1. The number of halogens is 1. The van der Waals surface area contributed by atoms with Crippen molar-refractivity contribution in [2.24, 2.45) is 0 Å². The summed E-state index contributed by atoms with van der Waals surface area (Å²) in [5.41, 5.74) is 1.21. The standard InChI is InChI=1S/C14H10FN3O3/c15-11-4-2-1-3-9(11)8-16-14-17-12-6-5-10(18(19)20)7-13(12)21-14/h1-7H,8H2,(H,16,17). The summed E-state index contributed by atoms with van der Waals surface area (Å²) < 4.78 is 18.8.